The maximum atomic E-state index is 13.5. The quantitative estimate of drug-likeness (QED) is 0.144. The Morgan fingerprint density at radius 3 is 2.43 bits per heavy atom. The van der Waals surface area contributed by atoms with E-state index in [9.17, 15) is 9.59 Å². The third-order valence-corrected chi connectivity index (χ3v) is 9.72. The number of pyridine rings is 1. The van der Waals surface area contributed by atoms with Crippen LogP contribution in [0.5, 0.6) is 11.5 Å². The summed E-state index contributed by atoms with van der Waals surface area (Å²) in [6.45, 7) is 2.50. The average Bonchev–Trinajstić information content (AvgIpc) is 3.73. The van der Waals surface area contributed by atoms with Crippen LogP contribution in [0.3, 0.4) is 0 Å². The Hall–Kier alpha value is -3.67. The monoisotopic (exact) mass is 697 g/mol. The molecule has 2 aromatic heterocycles. The lowest BCUT2D eigenvalue weighted by Crippen LogP contribution is -2.31. The van der Waals surface area contributed by atoms with Gasteiger partial charge in [-0.1, -0.05) is 59.6 Å². The fourth-order valence-corrected chi connectivity index (χ4v) is 6.85. The van der Waals surface area contributed by atoms with Crippen LogP contribution in [0.1, 0.15) is 49.7 Å². The van der Waals surface area contributed by atoms with E-state index < -0.39 is 18.0 Å². The molecule has 0 bridgehead atoms. The number of ether oxygens (including phenoxy) is 4. The standard InChI is InChI=1S/C35H37Cl2N3O6S/c1-40-14-13-24(21-40)45-34(41)27(22-7-5-4-6-8-22)18-38-17-25-10-12-33(47-25)35(42)46-31(16-26-28(36)19-39-20-29(26)37)23-9-11-30(43-2)32(15-23)44-3/h4-12,15,19-20,24,27,31,38H,13-14,16-18,21H2,1-3H3/t24-,27?,31+/m1/s1. The first-order chi connectivity index (χ1) is 22.7. The summed E-state index contributed by atoms with van der Waals surface area (Å²) in [4.78, 5) is 34.3. The highest BCUT2D eigenvalue weighted by molar-refractivity contribution is 7.13. The lowest BCUT2D eigenvalue weighted by Gasteiger charge is -2.20. The van der Waals surface area contributed by atoms with Crippen molar-refractivity contribution >= 4 is 46.5 Å². The van der Waals surface area contributed by atoms with Gasteiger partial charge in [-0.05, 0) is 54.4 Å². The second-order valence-electron chi connectivity index (χ2n) is 11.3. The first-order valence-corrected chi connectivity index (χ1v) is 16.8. The first-order valence-electron chi connectivity index (χ1n) is 15.2. The van der Waals surface area contributed by atoms with Crippen LogP contribution < -0.4 is 14.8 Å². The van der Waals surface area contributed by atoms with Crippen LogP contribution in [0.15, 0.2) is 73.1 Å². The molecule has 12 heteroatoms. The zero-order chi connectivity index (χ0) is 33.3. The fraction of sp³-hybridized carbons (Fsp3) is 0.343. The van der Waals surface area contributed by atoms with Crippen molar-refractivity contribution < 1.29 is 28.5 Å². The Labute approximate surface area is 288 Å². The van der Waals surface area contributed by atoms with E-state index in [-0.39, 0.29) is 18.5 Å². The van der Waals surface area contributed by atoms with Crippen molar-refractivity contribution in [3.05, 3.63) is 110 Å². The van der Waals surface area contributed by atoms with Crippen molar-refractivity contribution in [3.8, 4) is 11.5 Å². The number of methoxy groups -OCH3 is 2. The summed E-state index contributed by atoms with van der Waals surface area (Å²) in [7, 11) is 5.12. The number of likely N-dealkylation sites (tertiary alicyclic amines) is 1. The van der Waals surface area contributed by atoms with Gasteiger partial charge in [0.15, 0.2) is 11.5 Å². The Bertz CT molecular complexity index is 1650. The molecule has 47 heavy (non-hydrogen) atoms. The van der Waals surface area contributed by atoms with Gasteiger partial charge in [-0.25, -0.2) is 4.79 Å². The smallest absolute Gasteiger partial charge is 0.348 e. The Morgan fingerprint density at radius 1 is 1.00 bits per heavy atom. The van der Waals surface area contributed by atoms with Crippen LogP contribution in [-0.2, 0) is 27.2 Å². The summed E-state index contributed by atoms with van der Waals surface area (Å²) in [6.07, 6.45) is 3.23. The van der Waals surface area contributed by atoms with Crippen LogP contribution in [0, 0.1) is 0 Å². The minimum atomic E-state index is -0.735. The van der Waals surface area contributed by atoms with Gasteiger partial charge in [-0.2, -0.15) is 0 Å². The van der Waals surface area contributed by atoms with E-state index in [1.165, 1.54) is 23.7 Å². The number of hydrogen-bond donors (Lipinski definition) is 1. The second-order valence-corrected chi connectivity index (χ2v) is 13.2. The first kappa shape index (κ1) is 34.7. The number of hydrogen-bond acceptors (Lipinski definition) is 10. The van der Waals surface area contributed by atoms with Gasteiger partial charge in [-0.15, -0.1) is 11.3 Å². The van der Waals surface area contributed by atoms with E-state index in [2.05, 4.69) is 15.2 Å². The van der Waals surface area contributed by atoms with Gasteiger partial charge < -0.3 is 29.2 Å². The summed E-state index contributed by atoms with van der Waals surface area (Å²) in [5.74, 6) is -0.147. The molecule has 3 atom stereocenters. The molecule has 3 heterocycles. The molecule has 1 aliphatic heterocycles. The number of likely N-dealkylation sites (N-methyl/N-ethyl adjacent to an activating group) is 1. The predicted octanol–water partition coefficient (Wildman–Crippen LogP) is 6.73. The van der Waals surface area contributed by atoms with Crippen molar-refractivity contribution in [3.63, 3.8) is 0 Å². The lowest BCUT2D eigenvalue weighted by atomic mass is 9.99. The lowest BCUT2D eigenvalue weighted by molar-refractivity contribution is -0.150. The maximum absolute atomic E-state index is 13.5. The van der Waals surface area contributed by atoms with Crippen molar-refractivity contribution in [2.45, 2.75) is 37.5 Å². The number of esters is 2. The highest BCUT2D eigenvalue weighted by atomic mass is 35.5. The van der Waals surface area contributed by atoms with E-state index in [0.717, 1.165) is 30.0 Å². The van der Waals surface area contributed by atoms with Crippen molar-refractivity contribution in [2.75, 3.05) is 40.9 Å². The summed E-state index contributed by atoms with van der Waals surface area (Å²) >= 11 is 14.2. The van der Waals surface area contributed by atoms with Gasteiger partial charge in [-0.3, -0.25) is 9.78 Å². The van der Waals surface area contributed by atoms with Crippen LogP contribution >= 0.6 is 34.5 Å². The van der Waals surface area contributed by atoms with Crippen molar-refractivity contribution in [1.82, 2.24) is 15.2 Å². The number of nitrogens with zero attached hydrogens (tertiary/aromatic N) is 2. The van der Waals surface area contributed by atoms with Gasteiger partial charge in [0.25, 0.3) is 0 Å². The molecule has 1 fully saturated rings. The highest BCUT2D eigenvalue weighted by Gasteiger charge is 2.29. The molecule has 2 aromatic carbocycles. The second kappa shape index (κ2) is 16.4. The molecule has 5 rings (SSSR count). The Morgan fingerprint density at radius 2 is 1.74 bits per heavy atom. The average molecular weight is 699 g/mol. The third-order valence-electron chi connectivity index (χ3n) is 8.00. The summed E-state index contributed by atoms with van der Waals surface area (Å²) < 4.78 is 22.8. The molecule has 0 amide bonds. The van der Waals surface area contributed by atoms with Crippen molar-refractivity contribution in [2.24, 2.45) is 0 Å². The molecule has 4 aromatic rings. The zero-order valence-electron chi connectivity index (χ0n) is 26.4. The highest BCUT2D eigenvalue weighted by Crippen LogP contribution is 2.36. The van der Waals surface area contributed by atoms with Gasteiger partial charge >= 0.3 is 11.9 Å². The van der Waals surface area contributed by atoms with Crippen LogP contribution in [0.2, 0.25) is 10.0 Å². The molecule has 1 unspecified atom stereocenters. The summed E-state index contributed by atoms with van der Waals surface area (Å²) in [6, 6.07) is 18.6. The zero-order valence-corrected chi connectivity index (χ0v) is 28.7. The number of benzene rings is 2. The number of halogens is 2. The molecule has 1 saturated heterocycles. The fourth-order valence-electron chi connectivity index (χ4n) is 5.47. The van der Waals surface area contributed by atoms with Gasteiger partial charge in [0.05, 0.1) is 30.2 Å². The minimum absolute atomic E-state index is 0.0991. The molecule has 1 N–H and O–H groups in total. The van der Waals surface area contributed by atoms with E-state index in [4.69, 9.17) is 42.1 Å². The molecular formula is C35H37Cl2N3O6S. The Balaban J connectivity index is 1.27. The summed E-state index contributed by atoms with van der Waals surface area (Å²) in [5.41, 5.74) is 2.18. The number of aromatic nitrogens is 1. The molecule has 0 aliphatic carbocycles. The van der Waals surface area contributed by atoms with Gasteiger partial charge in [0, 0.05) is 49.9 Å². The van der Waals surface area contributed by atoms with Gasteiger partial charge in [0.2, 0.25) is 0 Å². The number of carbonyl (C=O) groups is 2. The number of rotatable bonds is 14. The number of carbonyl (C=O) groups excluding carboxylic acids is 2. The molecule has 0 radical (unpaired) electrons. The largest absolute Gasteiger partial charge is 0.493 e. The molecule has 1 aliphatic rings. The molecule has 248 valence electrons. The maximum Gasteiger partial charge on any atom is 0.348 e. The van der Waals surface area contributed by atoms with E-state index >= 15 is 0 Å². The van der Waals surface area contributed by atoms with Crippen LogP contribution in [-0.4, -0.2) is 68.8 Å². The third kappa shape index (κ3) is 9.03. The van der Waals surface area contributed by atoms with E-state index in [1.54, 1.807) is 32.4 Å². The normalized spacial score (nSPS) is 16.0. The molecule has 0 spiro atoms. The van der Waals surface area contributed by atoms with E-state index in [0.29, 0.717) is 50.6 Å². The van der Waals surface area contributed by atoms with Crippen LogP contribution in [0.4, 0.5) is 0 Å². The molecule has 0 saturated carbocycles. The van der Waals surface area contributed by atoms with Crippen LogP contribution in [0.25, 0.3) is 0 Å². The van der Waals surface area contributed by atoms with E-state index in [1.807, 2.05) is 49.5 Å². The predicted molar refractivity (Wildman–Crippen MR) is 183 cm³/mol. The van der Waals surface area contributed by atoms with Crippen molar-refractivity contribution in [1.29, 1.82) is 0 Å². The summed E-state index contributed by atoms with van der Waals surface area (Å²) in [5, 5.41) is 4.13. The minimum Gasteiger partial charge on any atom is -0.493 e. The SMILES string of the molecule is COc1ccc([C@H](Cc2c(Cl)cncc2Cl)OC(=O)c2ccc(CNCC(C(=O)O[C@@H]3CCN(C)C3)c3ccccc3)s2)cc1OC. The molecular weight excluding hydrogens is 661 g/mol. The topological polar surface area (TPSA) is 99.2 Å². The van der Waals surface area contributed by atoms with Gasteiger partial charge in [0.1, 0.15) is 17.1 Å². The molecule has 9 nitrogen and oxygen atoms in total. The number of thiophene rings is 1. The number of nitrogens with one attached hydrogen (secondary N) is 1. The Kier molecular flexibility index (Phi) is 12.1.